The van der Waals surface area contributed by atoms with Crippen LogP contribution in [0.1, 0.15) is 12.5 Å². The lowest BCUT2D eigenvalue weighted by Gasteiger charge is -2.14. The van der Waals surface area contributed by atoms with Crippen molar-refractivity contribution in [3.8, 4) is 11.5 Å². The lowest BCUT2D eigenvalue weighted by atomic mass is 10.0. The molecule has 27 heavy (non-hydrogen) atoms. The van der Waals surface area contributed by atoms with Crippen molar-refractivity contribution in [3.05, 3.63) is 59.5 Å². The number of imide groups is 1. The van der Waals surface area contributed by atoms with Gasteiger partial charge in [0.2, 0.25) is 0 Å². The first-order chi connectivity index (χ1) is 13.0. The molecule has 2 amide bonds. The number of rotatable bonds is 6. The number of hydrogen-bond acceptors (Lipinski definition) is 5. The van der Waals surface area contributed by atoms with Crippen molar-refractivity contribution in [2.45, 2.75) is 6.92 Å². The summed E-state index contributed by atoms with van der Waals surface area (Å²) in [6.45, 7) is 1.95. The highest BCUT2D eigenvalue weighted by molar-refractivity contribution is 6.36. The van der Waals surface area contributed by atoms with Crippen LogP contribution < -0.4 is 14.8 Å². The van der Waals surface area contributed by atoms with Crippen LogP contribution in [0, 0.1) is 5.82 Å². The number of carbonyl (C=O) groups is 2. The predicted molar refractivity (Wildman–Crippen MR) is 98.9 cm³/mol. The molecule has 0 aromatic heterocycles. The maximum absolute atomic E-state index is 13.3. The molecule has 3 rings (SSSR count). The van der Waals surface area contributed by atoms with E-state index in [0.717, 1.165) is 4.90 Å². The Bertz CT molecular complexity index is 922. The van der Waals surface area contributed by atoms with E-state index in [-0.39, 0.29) is 17.8 Å². The van der Waals surface area contributed by atoms with Crippen LogP contribution in [0.2, 0.25) is 0 Å². The van der Waals surface area contributed by atoms with Gasteiger partial charge in [-0.3, -0.25) is 14.5 Å². The number of likely N-dealkylation sites (N-methyl/N-ethyl adjacent to an activating group) is 1. The standard InChI is InChI=1S/C20H19FN2O4/c1-4-23-19(24)17(12-5-7-13(21)8-6-12)18(20(23)25)22-15-10-9-14(26-2)11-16(15)27-3/h5-11,22H,4H2,1-3H3. The Morgan fingerprint density at radius 1 is 1.00 bits per heavy atom. The van der Waals surface area contributed by atoms with Crippen molar-refractivity contribution in [3.63, 3.8) is 0 Å². The zero-order valence-electron chi connectivity index (χ0n) is 15.2. The summed E-state index contributed by atoms with van der Waals surface area (Å²) < 4.78 is 23.8. The van der Waals surface area contributed by atoms with E-state index in [0.29, 0.717) is 22.7 Å². The maximum atomic E-state index is 13.3. The van der Waals surface area contributed by atoms with Gasteiger partial charge in [0.05, 0.1) is 25.5 Å². The molecule has 0 unspecified atom stereocenters. The van der Waals surface area contributed by atoms with E-state index in [1.54, 1.807) is 25.1 Å². The molecule has 0 spiro atoms. The van der Waals surface area contributed by atoms with Crippen molar-refractivity contribution in [2.24, 2.45) is 0 Å². The molecule has 0 saturated carbocycles. The number of benzene rings is 2. The molecule has 2 aromatic carbocycles. The smallest absolute Gasteiger partial charge is 0.278 e. The monoisotopic (exact) mass is 370 g/mol. The van der Waals surface area contributed by atoms with Crippen LogP contribution in [0.15, 0.2) is 48.2 Å². The van der Waals surface area contributed by atoms with E-state index < -0.39 is 17.6 Å². The number of nitrogens with one attached hydrogen (secondary N) is 1. The fourth-order valence-corrected chi connectivity index (χ4v) is 2.90. The Labute approximate surface area is 156 Å². The van der Waals surface area contributed by atoms with Crippen molar-refractivity contribution < 1.29 is 23.5 Å². The lowest BCUT2D eigenvalue weighted by molar-refractivity contribution is -0.136. The Balaban J connectivity index is 2.09. The second-order valence-corrected chi connectivity index (χ2v) is 5.80. The lowest BCUT2D eigenvalue weighted by Crippen LogP contribution is -2.32. The highest BCUT2D eigenvalue weighted by Gasteiger charge is 2.38. The average molecular weight is 370 g/mol. The molecule has 1 heterocycles. The molecule has 0 radical (unpaired) electrons. The van der Waals surface area contributed by atoms with E-state index in [9.17, 15) is 14.0 Å². The SMILES string of the molecule is CCN1C(=O)C(Nc2ccc(OC)cc2OC)=C(c2ccc(F)cc2)C1=O. The normalized spacial score (nSPS) is 14.0. The zero-order valence-corrected chi connectivity index (χ0v) is 15.2. The summed E-state index contributed by atoms with van der Waals surface area (Å²) in [7, 11) is 3.03. The first-order valence-electron chi connectivity index (χ1n) is 8.35. The van der Waals surface area contributed by atoms with Gasteiger partial charge in [-0.05, 0) is 36.8 Å². The number of nitrogens with zero attached hydrogens (tertiary/aromatic N) is 1. The Hall–Kier alpha value is -3.35. The van der Waals surface area contributed by atoms with E-state index in [1.807, 2.05) is 0 Å². The van der Waals surface area contributed by atoms with Crippen LogP contribution in [0.5, 0.6) is 11.5 Å². The highest BCUT2D eigenvalue weighted by atomic mass is 19.1. The highest BCUT2D eigenvalue weighted by Crippen LogP contribution is 2.35. The first-order valence-corrected chi connectivity index (χ1v) is 8.35. The molecule has 1 aliphatic rings. The van der Waals surface area contributed by atoms with E-state index in [2.05, 4.69) is 5.32 Å². The first kappa shape index (κ1) is 18.4. The molecular formula is C20H19FN2O4. The van der Waals surface area contributed by atoms with Gasteiger partial charge in [-0.2, -0.15) is 0 Å². The van der Waals surface area contributed by atoms with E-state index in [4.69, 9.17) is 9.47 Å². The summed E-state index contributed by atoms with van der Waals surface area (Å²) in [6, 6.07) is 10.5. The van der Waals surface area contributed by atoms with Crippen LogP contribution in [-0.4, -0.2) is 37.5 Å². The van der Waals surface area contributed by atoms with Gasteiger partial charge in [0.15, 0.2) is 0 Å². The summed E-state index contributed by atoms with van der Waals surface area (Å²) in [5, 5.41) is 3.01. The van der Waals surface area contributed by atoms with Gasteiger partial charge in [-0.25, -0.2) is 4.39 Å². The fraction of sp³-hybridized carbons (Fsp3) is 0.200. The number of ether oxygens (including phenoxy) is 2. The molecule has 6 nitrogen and oxygen atoms in total. The molecule has 7 heteroatoms. The number of methoxy groups -OCH3 is 2. The average Bonchev–Trinajstić information content (AvgIpc) is 2.92. The largest absolute Gasteiger partial charge is 0.497 e. The quantitative estimate of drug-likeness (QED) is 0.792. The third-order valence-corrected chi connectivity index (χ3v) is 4.29. The Morgan fingerprint density at radius 2 is 1.70 bits per heavy atom. The predicted octanol–water partition coefficient (Wildman–Crippen LogP) is 3.05. The van der Waals surface area contributed by atoms with Gasteiger partial charge in [-0.1, -0.05) is 12.1 Å². The van der Waals surface area contributed by atoms with Crippen LogP contribution in [0.3, 0.4) is 0 Å². The molecular weight excluding hydrogens is 351 g/mol. The number of carbonyl (C=O) groups excluding carboxylic acids is 2. The summed E-state index contributed by atoms with van der Waals surface area (Å²) in [6.07, 6.45) is 0. The molecule has 140 valence electrons. The van der Waals surface area contributed by atoms with Crippen LogP contribution in [0.25, 0.3) is 5.57 Å². The van der Waals surface area contributed by atoms with Gasteiger partial charge < -0.3 is 14.8 Å². The van der Waals surface area contributed by atoms with Crippen molar-refractivity contribution >= 4 is 23.1 Å². The molecule has 0 atom stereocenters. The van der Waals surface area contributed by atoms with E-state index >= 15 is 0 Å². The van der Waals surface area contributed by atoms with Gasteiger partial charge in [0.1, 0.15) is 23.0 Å². The van der Waals surface area contributed by atoms with Crippen molar-refractivity contribution in [1.82, 2.24) is 4.90 Å². The second-order valence-electron chi connectivity index (χ2n) is 5.80. The second kappa shape index (κ2) is 7.49. The number of amides is 2. The number of halogens is 1. The zero-order chi connectivity index (χ0) is 19.6. The minimum atomic E-state index is -0.445. The number of anilines is 1. The molecule has 2 aromatic rings. The Kier molecular flexibility index (Phi) is 5.12. The Morgan fingerprint density at radius 3 is 2.30 bits per heavy atom. The van der Waals surface area contributed by atoms with E-state index in [1.165, 1.54) is 38.5 Å². The molecule has 0 bridgehead atoms. The molecule has 0 saturated heterocycles. The van der Waals surface area contributed by atoms with Crippen LogP contribution >= 0.6 is 0 Å². The van der Waals surface area contributed by atoms with Gasteiger partial charge in [0, 0.05) is 12.6 Å². The topological polar surface area (TPSA) is 67.9 Å². The molecule has 1 N–H and O–H groups in total. The minimum Gasteiger partial charge on any atom is -0.497 e. The molecule has 0 fully saturated rings. The van der Waals surface area contributed by atoms with Gasteiger partial charge >= 0.3 is 0 Å². The fourth-order valence-electron chi connectivity index (χ4n) is 2.90. The molecule has 0 aliphatic carbocycles. The summed E-state index contributed by atoms with van der Waals surface area (Å²) in [5.41, 5.74) is 1.28. The van der Waals surface area contributed by atoms with Crippen LogP contribution in [0.4, 0.5) is 10.1 Å². The third-order valence-electron chi connectivity index (χ3n) is 4.29. The maximum Gasteiger partial charge on any atom is 0.278 e. The molecule has 1 aliphatic heterocycles. The minimum absolute atomic E-state index is 0.122. The van der Waals surface area contributed by atoms with Crippen molar-refractivity contribution in [1.29, 1.82) is 0 Å². The summed E-state index contributed by atoms with van der Waals surface area (Å²) in [5.74, 6) is -0.247. The summed E-state index contributed by atoms with van der Waals surface area (Å²) in [4.78, 5) is 26.7. The van der Waals surface area contributed by atoms with Crippen LogP contribution in [-0.2, 0) is 9.59 Å². The van der Waals surface area contributed by atoms with Gasteiger partial charge in [0.25, 0.3) is 11.8 Å². The van der Waals surface area contributed by atoms with Crippen molar-refractivity contribution in [2.75, 3.05) is 26.1 Å². The number of hydrogen-bond donors (Lipinski definition) is 1. The third kappa shape index (κ3) is 3.36. The van der Waals surface area contributed by atoms with Gasteiger partial charge in [-0.15, -0.1) is 0 Å². The summed E-state index contributed by atoms with van der Waals surface area (Å²) >= 11 is 0.